The van der Waals surface area contributed by atoms with Crippen molar-refractivity contribution in [3.05, 3.63) is 40.2 Å². The van der Waals surface area contributed by atoms with Crippen LogP contribution in [0.15, 0.2) is 29.6 Å². The number of ether oxygens (including phenoxy) is 1. The van der Waals surface area contributed by atoms with E-state index in [1.54, 1.807) is 12.1 Å². The predicted molar refractivity (Wildman–Crippen MR) is 77.6 cm³/mol. The summed E-state index contributed by atoms with van der Waals surface area (Å²) in [4.78, 5) is 15.4. The van der Waals surface area contributed by atoms with E-state index in [1.165, 1.54) is 18.5 Å². The van der Waals surface area contributed by atoms with E-state index >= 15 is 0 Å². The minimum atomic E-state index is -4.39. The summed E-state index contributed by atoms with van der Waals surface area (Å²) in [6.07, 6.45) is -3.07. The lowest BCUT2D eigenvalue weighted by Crippen LogP contribution is -2.28. The standard InChI is InChI=1S/C15H12F3N2O2S/c1-19-13(21)14(5-6-14)10-3-2-4-12(20-10)22-9-7-11(23-8-9)15(16,17)18/h2-4,7-8H,5-6H2,1H3. The number of thiophene rings is 1. The molecular weight excluding hydrogens is 329 g/mol. The fourth-order valence-corrected chi connectivity index (χ4v) is 2.98. The Hall–Kier alpha value is -2.09. The van der Waals surface area contributed by atoms with Gasteiger partial charge >= 0.3 is 6.18 Å². The molecule has 0 bridgehead atoms. The number of nitrogens with zero attached hydrogens (tertiary/aromatic N) is 2. The Morgan fingerprint density at radius 2 is 2.13 bits per heavy atom. The van der Waals surface area contributed by atoms with Crippen LogP contribution in [0.25, 0.3) is 0 Å². The number of halogens is 3. The third kappa shape index (κ3) is 3.03. The van der Waals surface area contributed by atoms with Gasteiger partial charge < -0.3 is 4.74 Å². The highest BCUT2D eigenvalue weighted by Gasteiger charge is 2.52. The summed E-state index contributed by atoms with van der Waals surface area (Å²) < 4.78 is 43.2. The van der Waals surface area contributed by atoms with Gasteiger partial charge in [-0.2, -0.15) is 13.2 Å². The average molecular weight is 341 g/mol. The summed E-state index contributed by atoms with van der Waals surface area (Å²) in [5, 5.41) is 4.97. The lowest BCUT2D eigenvalue weighted by Gasteiger charge is -2.12. The smallest absolute Gasteiger partial charge is 0.425 e. The first-order chi connectivity index (χ1) is 10.8. The van der Waals surface area contributed by atoms with Crippen molar-refractivity contribution < 1.29 is 22.7 Å². The van der Waals surface area contributed by atoms with E-state index in [2.05, 4.69) is 10.3 Å². The van der Waals surface area contributed by atoms with Crippen LogP contribution in [0.3, 0.4) is 0 Å². The molecule has 2 heterocycles. The average Bonchev–Trinajstić information content (AvgIpc) is 3.19. The number of hydrogen-bond donors (Lipinski definition) is 0. The summed E-state index contributed by atoms with van der Waals surface area (Å²) in [5.74, 6) is -0.00966. The number of pyridine rings is 1. The van der Waals surface area contributed by atoms with Crippen LogP contribution in [0, 0.1) is 0 Å². The molecule has 1 saturated carbocycles. The highest BCUT2D eigenvalue weighted by atomic mass is 32.1. The fraction of sp³-hybridized carbons (Fsp3) is 0.333. The van der Waals surface area contributed by atoms with E-state index in [9.17, 15) is 18.0 Å². The monoisotopic (exact) mass is 341 g/mol. The SMILES string of the molecule is C[N]C(=O)C1(c2cccc(Oc3csc(C(F)(F)F)c3)n2)CC1. The molecule has 1 fully saturated rings. The Bertz CT molecular complexity index is 738. The van der Waals surface area contributed by atoms with E-state index in [4.69, 9.17) is 4.74 Å². The zero-order valence-corrected chi connectivity index (χ0v) is 12.9. The first-order valence-electron chi connectivity index (χ1n) is 6.80. The molecule has 0 aliphatic heterocycles. The summed E-state index contributed by atoms with van der Waals surface area (Å²) in [5.41, 5.74) is -0.156. The lowest BCUT2D eigenvalue weighted by atomic mass is 10.0. The Kier molecular flexibility index (Phi) is 3.79. The molecule has 2 aromatic rings. The van der Waals surface area contributed by atoms with Crippen LogP contribution in [0.4, 0.5) is 13.2 Å². The zero-order chi connectivity index (χ0) is 16.7. The normalized spacial score (nSPS) is 16.0. The maximum atomic E-state index is 12.6. The largest absolute Gasteiger partial charge is 0.438 e. The maximum Gasteiger partial charge on any atom is 0.425 e. The van der Waals surface area contributed by atoms with Crippen LogP contribution < -0.4 is 10.1 Å². The van der Waals surface area contributed by atoms with Crippen LogP contribution in [-0.2, 0) is 16.4 Å². The zero-order valence-electron chi connectivity index (χ0n) is 12.1. The van der Waals surface area contributed by atoms with E-state index in [1.807, 2.05) is 0 Å². The molecule has 2 aromatic heterocycles. The predicted octanol–water partition coefficient (Wildman–Crippen LogP) is 3.75. The summed E-state index contributed by atoms with van der Waals surface area (Å²) in [6.45, 7) is 0. The van der Waals surface area contributed by atoms with Crippen LogP contribution in [0.5, 0.6) is 11.6 Å². The van der Waals surface area contributed by atoms with Crippen molar-refractivity contribution in [2.75, 3.05) is 7.05 Å². The van der Waals surface area contributed by atoms with Crippen molar-refractivity contribution in [3.8, 4) is 11.6 Å². The van der Waals surface area contributed by atoms with Gasteiger partial charge in [0.1, 0.15) is 10.6 Å². The number of hydrogen-bond acceptors (Lipinski definition) is 4. The molecule has 4 nitrogen and oxygen atoms in total. The summed E-state index contributed by atoms with van der Waals surface area (Å²) >= 11 is 0.559. The van der Waals surface area contributed by atoms with Gasteiger partial charge in [-0.25, -0.2) is 4.98 Å². The molecule has 0 saturated heterocycles. The van der Waals surface area contributed by atoms with Crippen LogP contribution >= 0.6 is 11.3 Å². The number of rotatable bonds is 4. The molecule has 3 rings (SSSR count). The molecule has 0 aromatic carbocycles. The maximum absolute atomic E-state index is 12.6. The van der Waals surface area contributed by atoms with Gasteiger partial charge in [0.05, 0.1) is 11.1 Å². The number of amides is 1. The van der Waals surface area contributed by atoms with Crippen molar-refractivity contribution in [1.29, 1.82) is 0 Å². The van der Waals surface area contributed by atoms with Crippen LogP contribution in [-0.4, -0.2) is 17.9 Å². The van der Waals surface area contributed by atoms with Crippen molar-refractivity contribution in [3.63, 3.8) is 0 Å². The Labute approximate surface area is 134 Å². The molecule has 23 heavy (non-hydrogen) atoms. The molecular formula is C15H12F3N2O2S. The highest BCUT2D eigenvalue weighted by molar-refractivity contribution is 7.10. The van der Waals surface area contributed by atoms with Crippen molar-refractivity contribution >= 4 is 17.2 Å². The number of carbonyl (C=O) groups excluding carboxylic acids is 1. The van der Waals surface area contributed by atoms with Crippen molar-refractivity contribution in [2.45, 2.75) is 24.4 Å². The Morgan fingerprint density at radius 1 is 1.39 bits per heavy atom. The number of aromatic nitrogens is 1. The molecule has 0 unspecified atom stereocenters. The second kappa shape index (κ2) is 5.52. The highest BCUT2D eigenvalue weighted by Crippen LogP contribution is 2.48. The van der Waals surface area contributed by atoms with Gasteiger partial charge in [-0.3, -0.25) is 10.1 Å². The number of alkyl halides is 3. The fourth-order valence-electron chi connectivity index (χ4n) is 2.30. The van der Waals surface area contributed by atoms with Crippen LogP contribution in [0.2, 0.25) is 0 Å². The summed E-state index contributed by atoms with van der Waals surface area (Å²) in [6, 6.07) is 5.84. The van der Waals surface area contributed by atoms with Gasteiger partial charge in [-0.05, 0) is 18.9 Å². The van der Waals surface area contributed by atoms with Gasteiger partial charge in [0.15, 0.2) is 0 Å². The third-order valence-corrected chi connectivity index (χ3v) is 4.61. The van der Waals surface area contributed by atoms with Gasteiger partial charge in [0.25, 0.3) is 5.91 Å². The quantitative estimate of drug-likeness (QED) is 0.851. The molecule has 8 heteroatoms. The molecule has 1 aliphatic rings. The topological polar surface area (TPSA) is 53.3 Å². The van der Waals surface area contributed by atoms with Gasteiger partial charge in [-0.1, -0.05) is 6.07 Å². The molecule has 0 atom stereocenters. The van der Waals surface area contributed by atoms with E-state index in [-0.39, 0.29) is 17.5 Å². The molecule has 0 spiro atoms. The van der Waals surface area contributed by atoms with E-state index in [0.717, 1.165) is 6.07 Å². The molecule has 1 amide bonds. The van der Waals surface area contributed by atoms with E-state index < -0.39 is 16.5 Å². The second-order valence-corrected chi connectivity index (χ2v) is 6.13. The third-order valence-electron chi connectivity index (χ3n) is 3.65. The van der Waals surface area contributed by atoms with E-state index in [0.29, 0.717) is 29.9 Å². The second-order valence-electron chi connectivity index (χ2n) is 5.22. The van der Waals surface area contributed by atoms with Crippen molar-refractivity contribution in [1.82, 2.24) is 10.3 Å². The Morgan fingerprint density at radius 3 is 2.70 bits per heavy atom. The van der Waals surface area contributed by atoms with Crippen LogP contribution in [0.1, 0.15) is 23.4 Å². The van der Waals surface area contributed by atoms with Gasteiger partial charge in [0, 0.05) is 24.6 Å². The van der Waals surface area contributed by atoms with Gasteiger partial charge in [-0.15, -0.1) is 11.3 Å². The molecule has 1 radical (unpaired) electrons. The number of carbonyl (C=O) groups is 1. The van der Waals surface area contributed by atoms with Crippen molar-refractivity contribution in [2.24, 2.45) is 0 Å². The minimum Gasteiger partial charge on any atom is -0.438 e. The molecule has 1 aliphatic carbocycles. The molecule has 0 N–H and O–H groups in total. The number of likely N-dealkylation sites (N-methyl/N-ethyl adjacent to an activating group) is 1. The minimum absolute atomic E-state index is 0.0725. The first-order valence-corrected chi connectivity index (χ1v) is 7.68. The molecule has 121 valence electrons. The summed E-state index contributed by atoms with van der Waals surface area (Å²) in [7, 11) is 1.44. The lowest BCUT2D eigenvalue weighted by molar-refractivity contribution is -0.134. The van der Waals surface area contributed by atoms with Gasteiger partial charge in [0.2, 0.25) is 5.88 Å². The Balaban J connectivity index is 1.81. The first kappa shape index (κ1) is 15.8.